The Morgan fingerprint density at radius 3 is 2.79 bits per heavy atom. The van der Waals surface area contributed by atoms with Crippen LogP contribution >= 0.6 is 0 Å². The summed E-state index contributed by atoms with van der Waals surface area (Å²) in [5, 5.41) is 7.65. The summed E-state index contributed by atoms with van der Waals surface area (Å²) in [6, 6.07) is 0. The minimum atomic E-state index is 0.577. The molecule has 3 nitrogen and oxygen atoms in total. The largest absolute Gasteiger partial charge is 0.320 e. The van der Waals surface area contributed by atoms with Crippen molar-refractivity contribution in [1.29, 1.82) is 0 Å². The van der Waals surface area contributed by atoms with Crippen LogP contribution in [0.25, 0.3) is 0 Å². The third-order valence-electron chi connectivity index (χ3n) is 2.40. The van der Waals surface area contributed by atoms with Crippen LogP contribution in [0.2, 0.25) is 0 Å². The van der Waals surface area contributed by atoms with E-state index in [4.69, 9.17) is 0 Å². The van der Waals surface area contributed by atoms with Crippen molar-refractivity contribution in [3.63, 3.8) is 0 Å². The molecule has 1 heterocycles. The summed E-state index contributed by atoms with van der Waals surface area (Å²) < 4.78 is 1.92. The monoisotopic (exact) mass is 195 g/mol. The van der Waals surface area contributed by atoms with Gasteiger partial charge in [0.1, 0.15) is 0 Å². The summed E-state index contributed by atoms with van der Waals surface area (Å²) in [4.78, 5) is 0. The fourth-order valence-electron chi connectivity index (χ4n) is 1.66. The predicted molar refractivity (Wildman–Crippen MR) is 59.5 cm³/mol. The van der Waals surface area contributed by atoms with Crippen molar-refractivity contribution >= 4 is 0 Å². The van der Waals surface area contributed by atoms with Crippen LogP contribution in [0.5, 0.6) is 0 Å². The van der Waals surface area contributed by atoms with Gasteiger partial charge in [0, 0.05) is 13.2 Å². The Labute approximate surface area is 86.5 Å². The van der Waals surface area contributed by atoms with Gasteiger partial charge in [-0.1, -0.05) is 13.8 Å². The van der Waals surface area contributed by atoms with Gasteiger partial charge >= 0.3 is 0 Å². The molecule has 14 heavy (non-hydrogen) atoms. The normalized spacial score (nSPS) is 11.2. The first-order valence-electron chi connectivity index (χ1n) is 5.32. The summed E-state index contributed by atoms with van der Waals surface area (Å²) in [5.41, 5.74) is 2.65. The van der Waals surface area contributed by atoms with Gasteiger partial charge in [-0.2, -0.15) is 5.10 Å². The van der Waals surface area contributed by atoms with Crippen molar-refractivity contribution in [1.82, 2.24) is 15.1 Å². The SMILES string of the molecule is CNCCCc1nn(C)cc1C(C)C. The Morgan fingerprint density at radius 1 is 1.50 bits per heavy atom. The average molecular weight is 195 g/mol. The first kappa shape index (κ1) is 11.2. The highest BCUT2D eigenvalue weighted by molar-refractivity contribution is 5.20. The van der Waals surface area contributed by atoms with Crippen LogP contribution in [-0.2, 0) is 13.5 Å². The van der Waals surface area contributed by atoms with Crippen molar-refractivity contribution in [2.75, 3.05) is 13.6 Å². The number of hydrogen-bond acceptors (Lipinski definition) is 2. The molecule has 1 rings (SSSR count). The summed E-state index contributed by atoms with van der Waals surface area (Å²) >= 11 is 0. The van der Waals surface area contributed by atoms with E-state index in [1.165, 1.54) is 11.3 Å². The first-order valence-corrected chi connectivity index (χ1v) is 5.32. The third-order valence-corrected chi connectivity index (χ3v) is 2.40. The van der Waals surface area contributed by atoms with E-state index in [0.29, 0.717) is 5.92 Å². The zero-order valence-electron chi connectivity index (χ0n) is 9.67. The van der Waals surface area contributed by atoms with Crippen LogP contribution in [0.3, 0.4) is 0 Å². The molecular formula is C11H21N3. The predicted octanol–water partition coefficient (Wildman–Crippen LogP) is 1.70. The molecule has 0 fully saturated rings. The van der Waals surface area contributed by atoms with E-state index in [9.17, 15) is 0 Å². The molecule has 80 valence electrons. The first-order chi connectivity index (χ1) is 6.65. The van der Waals surface area contributed by atoms with E-state index >= 15 is 0 Å². The Hall–Kier alpha value is -0.830. The minimum absolute atomic E-state index is 0.577. The second kappa shape index (κ2) is 5.15. The van der Waals surface area contributed by atoms with Crippen LogP contribution in [0.4, 0.5) is 0 Å². The van der Waals surface area contributed by atoms with Crippen LogP contribution in [0.1, 0.15) is 37.4 Å². The molecule has 0 bridgehead atoms. The van der Waals surface area contributed by atoms with E-state index in [0.717, 1.165) is 19.4 Å². The van der Waals surface area contributed by atoms with E-state index in [1.807, 2.05) is 18.8 Å². The van der Waals surface area contributed by atoms with Gasteiger partial charge in [-0.05, 0) is 37.9 Å². The number of hydrogen-bond donors (Lipinski definition) is 1. The summed E-state index contributed by atoms with van der Waals surface area (Å²) in [5.74, 6) is 0.577. The molecule has 0 saturated heterocycles. The average Bonchev–Trinajstić information content (AvgIpc) is 2.47. The summed E-state index contributed by atoms with van der Waals surface area (Å²) in [7, 11) is 3.98. The van der Waals surface area contributed by atoms with Gasteiger partial charge in [0.15, 0.2) is 0 Å². The van der Waals surface area contributed by atoms with Crippen molar-refractivity contribution in [3.8, 4) is 0 Å². The second-order valence-electron chi connectivity index (χ2n) is 4.07. The Bertz CT molecular complexity index is 276. The lowest BCUT2D eigenvalue weighted by Gasteiger charge is -2.04. The van der Waals surface area contributed by atoms with Gasteiger partial charge in [0.05, 0.1) is 5.69 Å². The fraction of sp³-hybridized carbons (Fsp3) is 0.727. The maximum atomic E-state index is 4.49. The molecule has 1 N–H and O–H groups in total. The van der Waals surface area contributed by atoms with Crippen LogP contribution in [-0.4, -0.2) is 23.4 Å². The van der Waals surface area contributed by atoms with E-state index < -0.39 is 0 Å². The maximum Gasteiger partial charge on any atom is 0.0659 e. The molecule has 0 radical (unpaired) electrons. The highest BCUT2D eigenvalue weighted by Crippen LogP contribution is 2.18. The van der Waals surface area contributed by atoms with Gasteiger partial charge in [0.25, 0.3) is 0 Å². The van der Waals surface area contributed by atoms with Crippen molar-refractivity contribution in [3.05, 3.63) is 17.5 Å². The van der Waals surface area contributed by atoms with Gasteiger partial charge in [-0.25, -0.2) is 0 Å². The standard InChI is InChI=1S/C11H21N3/c1-9(2)10-8-14(4)13-11(10)6-5-7-12-3/h8-9,12H,5-7H2,1-4H3. The highest BCUT2D eigenvalue weighted by Gasteiger charge is 2.10. The van der Waals surface area contributed by atoms with Crippen molar-refractivity contribution in [2.45, 2.75) is 32.6 Å². The smallest absolute Gasteiger partial charge is 0.0659 e. The zero-order chi connectivity index (χ0) is 10.6. The lowest BCUT2D eigenvalue weighted by Crippen LogP contribution is -2.09. The van der Waals surface area contributed by atoms with Gasteiger partial charge in [0.2, 0.25) is 0 Å². The van der Waals surface area contributed by atoms with Crippen LogP contribution in [0, 0.1) is 0 Å². The number of nitrogens with one attached hydrogen (secondary N) is 1. The van der Waals surface area contributed by atoms with Gasteiger partial charge < -0.3 is 5.32 Å². The van der Waals surface area contributed by atoms with Crippen molar-refractivity contribution < 1.29 is 0 Å². The molecule has 0 aliphatic rings. The Morgan fingerprint density at radius 2 is 2.21 bits per heavy atom. The Kier molecular flexibility index (Phi) is 4.14. The number of aromatic nitrogens is 2. The molecule has 1 aromatic rings. The molecule has 0 aromatic carbocycles. The summed E-state index contributed by atoms with van der Waals surface area (Å²) in [6.45, 7) is 5.51. The van der Waals surface area contributed by atoms with E-state index in [1.54, 1.807) is 0 Å². The van der Waals surface area contributed by atoms with Gasteiger partial charge in [-0.15, -0.1) is 0 Å². The molecule has 0 aliphatic heterocycles. The highest BCUT2D eigenvalue weighted by atomic mass is 15.2. The molecule has 3 heteroatoms. The van der Waals surface area contributed by atoms with E-state index in [2.05, 4.69) is 30.5 Å². The molecule has 0 aliphatic carbocycles. The summed E-state index contributed by atoms with van der Waals surface area (Å²) in [6.07, 6.45) is 4.38. The zero-order valence-corrected chi connectivity index (χ0v) is 9.67. The third kappa shape index (κ3) is 2.84. The maximum absolute atomic E-state index is 4.49. The lowest BCUT2D eigenvalue weighted by atomic mass is 10.0. The molecule has 0 atom stereocenters. The molecule has 1 aromatic heterocycles. The molecule has 0 spiro atoms. The fourth-order valence-corrected chi connectivity index (χ4v) is 1.66. The molecular weight excluding hydrogens is 174 g/mol. The van der Waals surface area contributed by atoms with Crippen molar-refractivity contribution in [2.24, 2.45) is 7.05 Å². The quantitative estimate of drug-likeness (QED) is 0.725. The molecule has 0 unspecified atom stereocenters. The van der Waals surface area contributed by atoms with E-state index in [-0.39, 0.29) is 0 Å². The molecule has 0 saturated carbocycles. The molecule has 0 amide bonds. The minimum Gasteiger partial charge on any atom is -0.320 e. The number of rotatable bonds is 5. The van der Waals surface area contributed by atoms with Gasteiger partial charge in [-0.3, -0.25) is 4.68 Å². The number of aryl methyl sites for hydroxylation is 2. The van der Waals surface area contributed by atoms with Crippen LogP contribution in [0.15, 0.2) is 6.20 Å². The van der Waals surface area contributed by atoms with Crippen LogP contribution < -0.4 is 5.32 Å². The Balaban J connectivity index is 2.64. The topological polar surface area (TPSA) is 29.9 Å². The second-order valence-corrected chi connectivity index (χ2v) is 4.07. The lowest BCUT2D eigenvalue weighted by molar-refractivity contribution is 0.685. The number of nitrogens with zero attached hydrogens (tertiary/aromatic N) is 2.